The van der Waals surface area contributed by atoms with Gasteiger partial charge in [0.2, 0.25) is 5.91 Å². The molecule has 1 saturated heterocycles. The maximum atomic E-state index is 13.0. The van der Waals surface area contributed by atoms with Crippen molar-refractivity contribution < 1.29 is 18.0 Å². The summed E-state index contributed by atoms with van der Waals surface area (Å²) in [5, 5.41) is 6.98. The Morgan fingerprint density at radius 1 is 1.36 bits per heavy atom. The molecule has 0 radical (unpaired) electrons. The van der Waals surface area contributed by atoms with E-state index in [-0.39, 0.29) is 17.3 Å². The normalized spacial score (nSPS) is 18.1. The number of nitrogens with zero attached hydrogens (tertiary/aromatic N) is 4. The molecule has 2 aromatic rings. The number of benzene rings is 1. The van der Waals surface area contributed by atoms with Gasteiger partial charge in [-0.25, -0.2) is 9.67 Å². The molecule has 9 heteroatoms. The van der Waals surface area contributed by atoms with E-state index in [4.69, 9.17) is 0 Å². The third-order valence-electron chi connectivity index (χ3n) is 4.60. The lowest BCUT2D eigenvalue weighted by atomic mass is 10.1. The van der Waals surface area contributed by atoms with Gasteiger partial charge in [0.05, 0.1) is 5.56 Å². The maximum absolute atomic E-state index is 13.0. The number of aryl methyl sites for hydroxylation is 1. The van der Waals surface area contributed by atoms with Crippen LogP contribution < -0.4 is 5.32 Å². The number of carbonyl (C=O) groups is 1. The van der Waals surface area contributed by atoms with Crippen LogP contribution in [0.15, 0.2) is 30.6 Å². The summed E-state index contributed by atoms with van der Waals surface area (Å²) in [7, 11) is 2.05. The van der Waals surface area contributed by atoms with Crippen LogP contribution in [-0.2, 0) is 11.0 Å². The minimum Gasteiger partial charge on any atom is -0.352 e. The molecule has 1 atom stereocenters. The molecule has 28 heavy (non-hydrogen) atoms. The SMILES string of the molecule is Cc1cc(-c2ncn(/C=C\C(=O)NCC3CCN(C)C3)n2)cc(C(F)(F)F)c1. The van der Waals surface area contributed by atoms with Gasteiger partial charge in [0.1, 0.15) is 6.33 Å². The summed E-state index contributed by atoms with van der Waals surface area (Å²) in [6.07, 6.45) is 0.723. The molecule has 150 valence electrons. The summed E-state index contributed by atoms with van der Waals surface area (Å²) < 4.78 is 40.2. The van der Waals surface area contributed by atoms with E-state index < -0.39 is 11.7 Å². The van der Waals surface area contributed by atoms with E-state index in [0.717, 1.165) is 31.6 Å². The van der Waals surface area contributed by atoms with Crippen molar-refractivity contribution in [3.05, 3.63) is 41.7 Å². The van der Waals surface area contributed by atoms with Crippen LogP contribution >= 0.6 is 0 Å². The average molecular weight is 393 g/mol. The first kappa shape index (κ1) is 20.1. The third kappa shape index (κ3) is 5.19. The standard InChI is InChI=1S/C19H22F3N5O/c1-13-7-15(9-16(8-13)19(20,21)22)18-24-12-27(25-18)6-4-17(28)23-10-14-3-5-26(2)11-14/h4,6-9,12,14H,3,5,10-11H2,1-2H3,(H,23,28)/b6-4-. The van der Waals surface area contributed by atoms with Crippen molar-refractivity contribution in [3.63, 3.8) is 0 Å². The molecule has 2 heterocycles. The first-order valence-electron chi connectivity index (χ1n) is 8.95. The second-order valence-electron chi connectivity index (χ2n) is 7.11. The molecule has 1 aliphatic heterocycles. The van der Waals surface area contributed by atoms with E-state index >= 15 is 0 Å². The molecule has 3 rings (SSSR count). The molecule has 1 N–H and O–H groups in total. The molecular formula is C19H22F3N5O. The fourth-order valence-corrected chi connectivity index (χ4v) is 3.20. The van der Waals surface area contributed by atoms with Crippen LogP contribution in [-0.4, -0.2) is 52.3 Å². The number of halogens is 3. The van der Waals surface area contributed by atoms with Gasteiger partial charge in [-0.1, -0.05) is 0 Å². The van der Waals surface area contributed by atoms with Crippen LogP contribution in [0.3, 0.4) is 0 Å². The van der Waals surface area contributed by atoms with E-state index in [1.807, 2.05) is 0 Å². The van der Waals surface area contributed by atoms with Gasteiger partial charge in [0.25, 0.3) is 0 Å². The van der Waals surface area contributed by atoms with E-state index in [2.05, 4.69) is 27.3 Å². The Labute approximate surface area is 161 Å². The van der Waals surface area contributed by atoms with E-state index in [1.54, 1.807) is 13.0 Å². The summed E-state index contributed by atoms with van der Waals surface area (Å²) in [4.78, 5) is 18.2. The number of hydrogen-bond acceptors (Lipinski definition) is 4. The molecule has 1 amide bonds. The highest BCUT2D eigenvalue weighted by molar-refractivity contribution is 5.90. The van der Waals surface area contributed by atoms with Gasteiger partial charge in [-0.15, -0.1) is 5.10 Å². The van der Waals surface area contributed by atoms with E-state index in [9.17, 15) is 18.0 Å². The molecule has 0 aliphatic carbocycles. The molecule has 1 fully saturated rings. The lowest BCUT2D eigenvalue weighted by molar-refractivity contribution is -0.137. The highest BCUT2D eigenvalue weighted by Gasteiger charge is 2.31. The van der Waals surface area contributed by atoms with Crippen molar-refractivity contribution in [1.29, 1.82) is 0 Å². The van der Waals surface area contributed by atoms with Crippen LogP contribution in [0, 0.1) is 12.8 Å². The van der Waals surface area contributed by atoms with Crippen molar-refractivity contribution >= 4 is 12.1 Å². The van der Waals surface area contributed by atoms with Gasteiger partial charge < -0.3 is 10.2 Å². The zero-order chi connectivity index (χ0) is 20.3. The maximum Gasteiger partial charge on any atom is 0.416 e. The number of aromatic nitrogens is 3. The number of carbonyl (C=O) groups excluding carboxylic acids is 1. The Hall–Kier alpha value is -2.68. The van der Waals surface area contributed by atoms with Gasteiger partial charge in [-0.2, -0.15) is 13.2 Å². The minimum atomic E-state index is -4.44. The molecule has 1 unspecified atom stereocenters. The fraction of sp³-hybridized carbons (Fsp3) is 0.421. The van der Waals surface area contributed by atoms with Crippen molar-refractivity contribution in [2.24, 2.45) is 5.92 Å². The second kappa shape index (κ2) is 8.14. The summed E-state index contributed by atoms with van der Waals surface area (Å²) in [6.45, 7) is 4.20. The Morgan fingerprint density at radius 3 is 2.82 bits per heavy atom. The molecule has 1 aromatic carbocycles. The van der Waals surface area contributed by atoms with Crippen LogP contribution in [0.25, 0.3) is 17.6 Å². The topological polar surface area (TPSA) is 63.1 Å². The van der Waals surface area contributed by atoms with Gasteiger partial charge in [0, 0.05) is 30.9 Å². The molecule has 6 nitrogen and oxygen atoms in total. The summed E-state index contributed by atoms with van der Waals surface area (Å²) >= 11 is 0. The van der Waals surface area contributed by atoms with Gasteiger partial charge in [-0.05, 0) is 56.6 Å². The van der Waals surface area contributed by atoms with Crippen LogP contribution in [0.5, 0.6) is 0 Å². The van der Waals surface area contributed by atoms with E-state index in [0.29, 0.717) is 18.0 Å². The van der Waals surface area contributed by atoms with Crippen molar-refractivity contribution in [2.45, 2.75) is 19.5 Å². The van der Waals surface area contributed by atoms with Gasteiger partial charge in [-0.3, -0.25) is 4.79 Å². The first-order chi connectivity index (χ1) is 13.2. The van der Waals surface area contributed by atoms with Crippen molar-refractivity contribution in [2.75, 3.05) is 26.7 Å². The zero-order valence-electron chi connectivity index (χ0n) is 15.7. The second-order valence-corrected chi connectivity index (χ2v) is 7.11. The molecule has 1 aliphatic rings. The van der Waals surface area contributed by atoms with Crippen molar-refractivity contribution in [3.8, 4) is 11.4 Å². The van der Waals surface area contributed by atoms with Crippen LogP contribution in [0.1, 0.15) is 17.5 Å². The number of alkyl halides is 3. The quantitative estimate of drug-likeness (QED) is 0.794. The number of likely N-dealkylation sites (tertiary alicyclic amines) is 1. The number of rotatable bonds is 5. The van der Waals surface area contributed by atoms with Crippen molar-refractivity contribution in [1.82, 2.24) is 25.0 Å². The fourth-order valence-electron chi connectivity index (χ4n) is 3.20. The van der Waals surface area contributed by atoms with E-state index in [1.165, 1.54) is 23.3 Å². The lowest BCUT2D eigenvalue weighted by Gasteiger charge is -2.10. The number of nitrogens with one attached hydrogen (secondary N) is 1. The highest BCUT2D eigenvalue weighted by atomic mass is 19.4. The smallest absolute Gasteiger partial charge is 0.352 e. The Kier molecular flexibility index (Phi) is 5.83. The minimum absolute atomic E-state index is 0.160. The molecule has 0 bridgehead atoms. The predicted molar refractivity (Wildman–Crippen MR) is 99.1 cm³/mol. The van der Waals surface area contributed by atoms with Crippen LogP contribution in [0.4, 0.5) is 13.2 Å². The Balaban J connectivity index is 1.63. The molecule has 0 saturated carbocycles. The zero-order valence-corrected chi connectivity index (χ0v) is 15.7. The Morgan fingerprint density at radius 2 is 2.14 bits per heavy atom. The molecule has 0 spiro atoms. The predicted octanol–water partition coefficient (Wildman–Crippen LogP) is 2.81. The molecule has 1 aromatic heterocycles. The Bertz CT molecular complexity index is 875. The summed E-state index contributed by atoms with van der Waals surface area (Å²) in [5.74, 6) is 0.360. The largest absolute Gasteiger partial charge is 0.416 e. The monoisotopic (exact) mass is 393 g/mol. The highest BCUT2D eigenvalue weighted by Crippen LogP contribution is 2.32. The molecular weight excluding hydrogens is 371 g/mol. The van der Waals surface area contributed by atoms with Gasteiger partial charge >= 0.3 is 6.18 Å². The third-order valence-corrected chi connectivity index (χ3v) is 4.60. The number of amides is 1. The average Bonchev–Trinajstić information content (AvgIpc) is 3.26. The summed E-state index contributed by atoms with van der Waals surface area (Å²) in [6, 6.07) is 3.68. The lowest BCUT2D eigenvalue weighted by Crippen LogP contribution is -2.29. The summed E-state index contributed by atoms with van der Waals surface area (Å²) in [5.41, 5.74) is -0.00532. The first-order valence-corrected chi connectivity index (χ1v) is 8.95. The van der Waals surface area contributed by atoms with Gasteiger partial charge in [0.15, 0.2) is 5.82 Å². The van der Waals surface area contributed by atoms with Crippen LogP contribution in [0.2, 0.25) is 0 Å². The number of hydrogen-bond donors (Lipinski definition) is 1.